The third-order valence-corrected chi connectivity index (χ3v) is 4.86. The Kier molecular flexibility index (Phi) is 8.33. The molecule has 1 aromatic rings. The molecule has 2 aliphatic rings. The molecule has 2 saturated heterocycles. The molecule has 0 amide bonds. The smallest absolute Gasteiger partial charge is 0.191 e. The van der Waals surface area contributed by atoms with Gasteiger partial charge in [0.25, 0.3) is 0 Å². The van der Waals surface area contributed by atoms with E-state index in [1.54, 1.807) is 13.1 Å². The first kappa shape index (κ1) is 21.1. The number of halogens is 3. The van der Waals surface area contributed by atoms with Crippen molar-refractivity contribution in [3.8, 4) is 0 Å². The number of aliphatic imine (C=N–C) groups is 1. The first-order valence-corrected chi connectivity index (χ1v) is 8.92. The van der Waals surface area contributed by atoms with Crippen LogP contribution in [0.5, 0.6) is 0 Å². The van der Waals surface area contributed by atoms with Crippen molar-refractivity contribution in [2.45, 2.75) is 25.4 Å². The molecule has 2 atom stereocenters. The summed E-state index contributed by atoms with van der Waals surface area (Å²) >= 11 is 0. The van der Waals surface area contributed by atoms with Gasteiger partial charge in [-0.3, -0.25) is 4.99 Å². The van der Waals surface area contributed by atoms with Crippen molar-refractivity contribution >= 4 is 35.6 Å². The molecule has 26 heavy (non-hydrogen) atoms. The van der Waals surface area contributed by atoms with Crippen molar-refractivity contribution in [2.24, 2.45) is 10.9 Å². The SMILES string of the molecule is CN=C(NCC1CCN(c2ccc(F)c(F)c2)C1)NCC1CCCO1.I. The van der Waals surface area contributed by atoms with Crippen LogP contribution in [0.4, 0.5) is 14.5 Å². The van der Waals surface area contributed by atoms with Gasteiger partial charge in [-0.05, 0) is 37.3 Å². The van der Waals surface area contributed by atoms with Gasteiger partial charge in [-0.15, -0.1) is 24.0 Å². The summed E-state index contributed by atoms with van der Waals surface area (Å²) in [4.78, 5) is 6.34. The Morgan fingerprint density at radius 1 is 1.23 bits per heavy atom. The van der Waals surface area contributed by atoms with Gasteiger partial charge >= 0.3 is 0 Å². The van der Waals surface area contributed by atoms with Gasteiger partial charge in [0.1, 0.15) is 0 Å². The molecule has 0 bridgehead atoms. The molecule has 1 aromatic carbocycles. The molecule has 2 N–H and O–H groups in total. The van der Waals surface area contributed by atoms with Crippen molar-refractivity contribution in [2.75, 3.05) is 44.7 Å². The van der Waals surface area contributed by atoms with Gasteiger partial charge in [0.15, 0.2) is 17.6 Å². The number of ether oxygens (including phenoxy) is 1. The highest BCUT2D eigenvalue weighted by atomic mass is 127. The van der Waals surface area contributed by atoms with E-state index < -0.39 is 11.6 Å². The molecule has 0 saturated carbocycles. The summed E-state index contributed by atoms with van der Waals surface area (Å²) in [5.74, 6) is -0.378. The maximum Gasteiger partial charge on any atom is 0.191 e. The number of nitrogens with one attached hydrogen (secondary N) is 2. The zero-order chi connectivity index (χ0) is 17.6. The zero-order valence-corrected chi connectivity index (χ0v) is 17.3. The number of hydrogen-bond donors (Lipinski definition) is 2. The van der Waals surface area contributed by atoms with Crippen molar-refractivity contribution in [3.05, 3.63) is 29.8 Å². The molecule has 0 spiro atoms. The Hall–Kier alpha value is -1.16. The second-order valence-electron chi connectivity index (χ2n) is 6.67. The Bertz CT molecular complexity index is 611. The lowest BCUT2D eigenvalue weighted by Crippen LogP contribution is -2.43. The van der Waals surface area contributed by atoms with E-state index in [0.29, 0.717) is 5.92 Å². The minimum atomic E-state index is -0.803. The fraction of sp³-hybridized carbons (Fsp3) is 0.611. The molecule has 2 fully saturated rings. The van der Waals surface area contributed by atoms with Gasteiger partial charge in [-0.1, -0.05) is 0 Å². The quantitative estimate of drug-likeness (QED) is 0.387. The topological polar surface area (TPSA) is 48.9 Å². The van der Waals surface area contributed by atoms with Gasteiger partial charge in [-0.2, -0.15) is 0 Å². The zero-order valence-electron chi connectivity index (χ0n) is 15.0. The van der Waals surface area contributed by atoms with Crippen LogP contribution in [-0.4, -0.2) is 51.9 Å². The second kappa shape index (κ2) is 10.2. The molecular formula is C18H27F2IN4O. The predicted octanol–water partition coefficient (Wildman–Crippen LogP) is 2.75. The number of benzene rings is 1. The van der Waals surface area contributed by atoms with E-state index in [0.717, 1.165) is 63.7 Å². The van der Waals surface area contributed by atoms with Crippen LogP contribution >= 0.6 is 24.0 Å². The average Bonchev–Trinajstić information content (AvgIpc) is 3.29. The molecule has 3 rings (SSSR count). The molecule has 8 heteroatoms. The first-order valence-electron chi connectivity index (χ1n) is 8.92. The van der Waals surface area contributed by atoms with E-state index in [2.05, 4.69) is 20.5 Å². The third kappa shape index (κ3) is 5.67. The van der Waals surface area contributed by atoms with Gasteiger partial charge in [-0.25, -0.2) is 8.78 Å². The highest BCUT2D eigenvalue weighted by Gasteiger charge is 2.23. The van der Waals surface area contributed by atoms with Crippen LogP contribution in [0.25, 0.3) is 0 Å². The molecule has 2 unspecified atom stereocenters. The van der Waals surface area contributed by atoms with Crippen LogP contribution in [0.3, 0.4) is 0 Å². The number of guanidine groups is 1. The lowest BCUT2D eigenvalue weighted by molar-refractivity contribution is 0.114. The van der Waals surface area contributed by atoms with Crippen LogP contribution in [0.15, 0.2) is 23.2 Å². The summed E-state index contributed by atoms with van der Waals surface area (Å²) in [6.07, 6.45) is 3.50. The number of anilines is 1. The third-order valence-electron chi connectivity index (χ3n) is 4.86. The fourth-order valence-electron chi connectivity index (χ4n) is 3.39. The molecule has 0 radical (unpaired) electrons. The average molecular weight is 480 g/mol. The van der Waals surface area contributed by atoms with Gasteiger partial charge < -0.3 is 20.3 Å². The van der Waals surface area contributed by atoms with Crippen LogP contribution in [0, 0.1) is 17.6 Å². The maximum atomic E-state index is 13.4. The monoisotopic (exact) mass is 480 g/mol. The summed E-state index contributed by atoms with van der Waals surface area (Å²) in [5.41, 5.74) is 0.738. The van der Waals surface area contributed by atoms with Crippen LogP contribution in [0.1, 0.15) is 19.3 Å². The fourth-order valence-corrected chi connectivity index (χ4v) is 3.39. The van der Waals surface area contributed by atoms with Crippen LogP contribution < -0.4 is 15.5 Å². The summed E-state index contributed by atoms with van der Waals surface area (Å²) in [7, 11) is 1.76. The van der Waals surface area contributed by atoms with Crippen LogP contribution in [-0.2, 0) is 4.74 Å². The number of hydrogen-bond acceptors (Lipinski definition) is 3. The van der Waals surface area contributed by atoms with Gasteiger partial charge in [0, 0.05) is 51.6 Å². The summed E-state index contributed by atoms with van der Waals surface area (Å²) in [6, 6.07) is 4.09. The minimum Gasteiger partial charge on any atom is -0.376 e. The molecule has 146 valence electrons. The maximum absolute atomic E-state index is 13.4. The van der Waals surface area contributed by atoms with Gasteiger partial charge in [0.05, 0.1) is 6.10 Å². The molecule has 2 heterocycles. The molecule has 5 nitrogen and oxygen atoms in total. The van der Waals surface area contributed by atoms with E-state index in [-0.39, 0.29) is 30.1 Å². The standard InChI is InChI=1S/C18H26F2N4O.HI/c1-21-18(23-11-15-3-2-8-25-15)22-10-13-6-7-24(12-13)14-4-5-16(19)17(20)9-14;/h4-5,9,13,15H,2-3,6-8,10-12H2,1H3,(H2,21,22,23);1H. The molecule has 2 aliphatic heterocycles. The van der Waals surface area contributed by atoms with Crippen molar-refractivity contribution in [1.82, 2.24) is 10.6 Å². The Morgan fingerprint density at radius 3 is 2.73 bits per heavy atom. The highest BCUT2D eigenvalue weighted by Crippen LogP contribution is 2.25. The summed E-state index contributed by atoms with van der Waals surface area (Å²) in [6.45, 7) is 4.08. The lowest BCUT2D eigenvalue weighted by atomic mass is 10.1. The van der Waals surface area contributed by atoms with E-state index in [1.165, 1.54) is 12.1 Å². The van der Waals surface area contributed by atoms with E-state index in [9.17, 15) is 8.78 Å². The first-order chi connectivity index (χ1) is 12.2. The highest BCUT2D eigenvalue weighted by molar-refractivity contribution is 14.0. The summed E-state index contributed by atoms with van der Waals surface area (Å²) in [5, 5.41) is 6.65. The van der Waals surface area contributed by atoms with Crippen molar-refractivity contribution in [1.29, 1.82) is 0 Å². The van der Waals surface area contributed by atoms with Crippen molar-refractivity contribution in [3.63, 3.8) is 0 Å². The summed E-state index contributed by atoms with van der Waals surface area (Å²) < 4.78 is 32.1. The molecular weight excluding hydrogens is 453 g/mol. The van der Waals surface area contributed by atoms with Gasteiger partial charge in [0.2, 0.25) is 0 Å². The number of nitrogens with zero attached hydrogens (tertiary/aromatic N) is 2. The lowest BCUT2D eigenvalue weighted by Gasteiger charge is -2.20. The Morgan fingerprint density at radius 2 is 2.04 bits per heavy atom. The largest absolute Gasteiger partial charge is 0.376 e. The van der Waals surface area contributed by atoms with E-state index in [1.807, 2.05) is 0 Å². The molecule has 0 aliphatic carbocycles. The normalized spacial score (nSPS) is 23.0. The molecule has 0 aromatic heterocycles. The predicted molar refractivity (Wildman–Crippen MR) is 110 cm³/mol. The second-order valence-corrected chi connectivity index (χ2v) is 6.67. The number of rotatable bonds is 5. The Balaban J connectivity index is 0.00000243. The van der Waals surface area contributed by atoms with E-state index >= 15 is 0 Å². The van der Waals surface area contributed by atoms with E-state index in [4.69, 9.17) is 4.74 Å². The van der Waals surface area contributed by atoms with Crippen molar-refractivity contribution < 1.29 is 13.5 Å². The van der Waals surface area contributed by atoms with Crippen LogP contribution in [0.2, 0.25) is 0 Å². The minimum absolute atomic E-state index is 0. The Labute approximate surface area is 170 Å².